The number of carbonyl (C=O) groups excluding carboxylic acids is 4. The van der Waals surface area contributed by atoms with Gasteiger partial charge in [-0.2, -0.15) is 0 Å². The lowest BCUT2D eigenvalue weighted by molar-refractivity contribution is -0.155. The summed E-state index contributed by atoms with van der Waals surface area (Å²) >= 11 is 0. The number of rotatable bonds is 8. The van der Waals surface area contributed by atoms with E-state index in [2.05, 4.69) is 10.6 Å². The summed E-state index contributed by atoms with van der Waals surface area (Å²) in [6.07, 6.45) is -0.0978. The molecule has 0 spiro atoms. The van der Waals surface area contributed by atoms with Crippen molar-refractivity contribution in [2.75, 3.05) is 11.9 Å². The molecule has 2 atom stereocenters. The van der Waals surface area contributed by atoms with Gasteiger partial charge in [-0.05, 0) is 44.4 Å². The molecule has 2 N–H and O–H groups in total. The Morgan fingerprint density at radius 2 is 1.68 bits per heavy atom. The smallest absolute Gasteiger partial charge is 0.327 e. The number of aryl methyl sites for hydroxylation is 1. The molecule has 2 aromatic carbocycles. The molecule has 8 nitrogen and oxygen atoms in total. The van der Waals surface area contributed by atoms with Crippen LogP contribution in [-0.4, -0.2) is 46.9 Å². The van der Waals surface area contributed by atoms with E-state index in [1.807, 2.05) is 36.4 Å². The minimum atomic E-state index is -1.11. The van der Waals surface area contributed by atoms with Crippen LogP contribution in [0.5, 0.6) is 0 Å². The Labute approximate surface area is 180 Å². The molecule has 1 aliphatic heterocycles. The topological polar surface area (TPSA) is 105 Å². The van der Waals surface area contributed by atoms with Crippen LogP contribution < -0.4 is 10.6 Å². The van der Waals surface area contributed by atoms with Crippen LogP contribution in [0.2, 0.25) is 0 Å². The normalized spacial score (nSPS) is 19.0. The average molecular weight is 423 g/mol. The number of hydrogen-bond donors (Lipinski definition) is 2. The molecule has 0 aromatic heterocycles. The maximum absolute atomic E-state index is 12.8. The Morgan fingerprint density at radius 3 is 2.32 bits per heavy atom. The summed E-state index contributed by atoms with van der Waals surface area (Å²) in [5.74, 6) is -1.84. The van der Waals surface area contributed by atoms with Gasteiger partial charge in [0.15, 0.2) is 6.10 Å². The molecule has 0 aliphatic carbocycles. The predicted octanol–water partition coefficient (Wildman–Crippen LogP) is 2.50. The minimum absolute atomic E-state index is 0.392. The molecule has 0 saturated carbocycles. The Bertz CT molecular complexity index is 964. The van der Waals surface area contributed by atoms with Crippen molar-refractivity contribution in [1.82, 2.24) is 10.2 Å². The highest BCUT2D eigenvalue weighted by Gasteiger charge is 2.48. The molecular formula is C23H25N3O5. The van der Waals surface area contributed by atoms with Gasteiger partial charge in [-0.1, -0.05) is 48.5 Å². The number of carbonyl (C=O) groups is 4. The highest BCUT2D eigenvalue weighted by atomic mass is 16.5. The summed E-state index contributed by atoms with van der Waals surface area (Å²) in [6.45, 7) is 2.50. The summed E-state index contributed by atoms with van der Waals surface area (Å²) in [7, 11) is 0. The van der Waals surface area contributed by atoms with Crippen molar-refractivity contribution in [2.45, 2.75) is 38.3 Å². The molecule has 1 aliphatic rings. The number of hydrogen-bond acceptors (Lipinski definition) is 5. The lowest BCUT2D eigenvalue weighted by Crippen LogP contribution is -2.45. The van der Waals surface area contributed by atoms with E-state index in [0.717, 1.165) is 10.5 Å². The third-order valence-corrected chi connectivity index (χ3v) is 5.11. The molecule has 162 valence electrons. The van der Waals surface area contributed by atoms with E-state index in [9.17, 15) is 19.2 Å². The number of anilines is 1. The third-order valence-electron chi connectivity index (χ3n) is 5.11. The predicted molar refractivity (Wildman–Crippen MR) is 114 cm³/mol. The number of esters is 1. The fourth-order valence-electron chi connectivity index (χ4n) is 3.28. The SMILES string of the molecule is C[C@@H](OC(=O)CN1C(=O)N[C@](C)(CCc2ccccc2)C1=O)C(=O)Nc1ccccc1. The first kappa shape index (κ1) is 22.0. The zero-order valence-electron chi connectivity index (χ0n) is 17.5. The number of urea groups is 1. The molecule has 0 radical (unpaired) electrons. The standard InChI is InChI=1S/C23H25N3O5/c1-16(20(28)24-18-11-7-4-8-12-18)31-19(27)15-26-21(29)23(2,25-22(26)30)14-13-17-9-5-3-6-10-17/h3-12,16H,13-15H2,1-2H3,(H,24,28)(H,25,30)/t16-,23-/m1/s1. The number of para-hydroxylation sites is 1. The summed E-state index contributed by atoms with van der Waals surface area (Å²) < 4.78 is 5.12. The summed E-state index contributed by atoms with van der Waals surface area (Å²) in [6, 6.07) is 17.7. The second kappa shape index (κ2) is 9.42. The van der Waals surface area contributed by atoms with Gasteiger partial charge in [-0.15, -0.1) is 0 Å². The number of ether oxygens (including phenoxy) is 1. The molecule has 8 heteroatoms. The quantitative estimate of drug-likeness (QED) is 0.501. The van der Waals surface area contributed by atoms with Gasteiger partial charge < -0.3 is 15.4 Å². The molecule has 4 amide bonds. The van der Waals surface area contributed by atoms with Crippen molar-refractivity contribution in [3.63, 3.8) is 0 Å². The summed E-state index contributed by atoms with van der Waals surface area (Å²) in [4.78, 5) is 50.4. The van der Waals surface area contributed by atoms with Crippen LogP contribution in [0.15, 0.2) is 60.7 Å². The van der Waals surface area contributed by atoms with Gasteiger partial charge in [0.2, 0.25) is 0 Å². The van der Waals surface area contributed by atoms with Crippen LogP contribution in [0.1, 0.15) is 25.8 Å². The summed E-state index contributed by atoms with van der Waals surface area (Å²) in [5, 5.41) is 5.29. The van der Waals surface area contributed by atoms with E-state index >= 15 is 0 Å². The molecule has 3 rings (SSSR count). The summed E-state index contributed by atoms with van der Waals surface area (Å²) in [5.41, 5.74) is 0.504. The van der Waals surface area contributed by atoms with Gasteiger partial charge in [-0.3, -0.25) is 19.3 Å². The van der Waals surface area contributed by atoms with Crippen LogP contribution in [0.4, 0.5) is 10.5 Å². The van der Waals surface area contributed by atoms with E-state index in [1.165, 1.54) is 6.92 Å². The maximum atomic E-state index is 12.8. The van der Waals surface area contributed by atoms with Gasteiger partial charge in [-0.25, -0.2) is 4.79 Å². The van der Waals surface area contributed by atoms with E-state index in [-0.39, 0.29) is 0 Å². The fraction of sp³-hybridized carbons (Fsp3) is 0.304. The van der Waals surface area contributed by atoms with Gasteiger partial charge in [0.1, 0.15) is 12.1 Å². The lowest BCUT2D eigenvalue weighted by atomic mass is 9.93. The molecule has 0 unspecified atom stereocenters. The lowest BCUT2D eigenvalue weighted by Gasteiger charge is -2.21. The first-order valence-corrected chi connectivity index (χ1v) is 10.0. The number of imide groups is 1. The molecule has 1 heterocycles. The van der Waals surface area contributed by atoms with Gasteiger partial charge in [0.05, 0.1) is 0 Å². The largest absolute Gasteiger partial charge is 0.451 e. The molecule has 2 aromatic rings. The molecule has 1 fully saturated rings. The molecule has 1 saturated heterocycles. The Morgan fingerprint density at radius 1 is 1.06 bits per heavy atom. The Kier molecular flexibility index (Phi) is 6.69. The van der Waals surface area contributed by atoms with Gasteiger partial charge in [0, 0.05) is 5.69 Å². The van der Waals surface area contributed by atoms with E-state index in [0.29, 0.717) is 18.5 Å². The van der Waals surface area contributed by atoms with Crippen molar-refractivity contribution in [3.8, 4) is 0 Å². The third kappa shape index (κ3) is 5.48. The molecule has 31 heavy (non-hydrogen) atoms. The second-order valence-corrected chi connectivity index (χ2v) is 7.63. The fourth-order valence-corrected chi connectivity index (χ4v) is 3.28. The van der Waals surface area contributed by atoms with Crippen LogP contribution >= 0.6 is 0 Å². The van der Waals surface area contributed by atoms with Gasteiger partial charge >= 0.3 is 12.0 Å². The maximum Gasteiger partial charge on any atom is 0.327 e. The van der Waals surface area contributed by atoms with Gasteiger partial charge in [0.25, 0.3) is 11.8 Å². The first-order valence-electron chi connectivity index (χ1n) is 10.0. The van der Waals surface area contributed by atoms with Crippen molar-refractivity contribution in [3.05, 3.63) is 66.2 Å². The Balaban J connectivity index is 1.53. The van der Waals surface area contributed by atoms with E-state index in [1.54, 1.807) is 31.2 Å². The average Bonchev–Trinajstić information content (AvgIpc) is 2.97. The highest BCUT2D eigenvalue weighted by molar-refractivity contribution is 6.08. The first-order chi connectivity index (χ1) is 14.8. The number of nitrogens with zero attached hydrogens (tertiary/aromatic N) is 1. The van der Waals surface area contributed by atoms with Crippen molar-refractivity contribution >= 4 is 29.5 Å². The van der Waals surface area contributed by atoms with Crippen LogP contribution in [0.3, 0.4) is 0 Å². The zero-order chi connectivity index (χ0) is 22.4. The highest BCUT2D eigenvalue weighted by Crippen LogP contribution is 2.23. The number of nitrogens with one attached hydrogen (secondary N) is 2. The molecule has 0 bridgehead atoms. The number of amides is 4. The van der Waals surface area contributed by atoms with Crippen LogP contribution in [0.25, 0.3) is 0 Å². The Hall–Kier alpha value is -3.68. The zero-order valence-corrected chi connectivity index (χ0v) is 17.5. The van der Waals surface area contributed by atoms with Crippen molar-refractivity contribution in [1.29, 1.82) is 0 Å². The monoisotopic (exact) mass is 423 g/mol. The minimum Gasteiger partial charge on any atom is -0.451 e. The van der Waals surface area contributed by atoms with Crippen LogP contribution in [0, 0.1) is 0 Å². The van der Waals surface area contributed by atoms with Crippen LogP contribution in [-0.2, 0) is 25.5 Å². The van der Waals surface area contributed by atoms with E-state index in [4.69, 9.17) is 4.74 Å². The van der Waals surface area contributed by atoms with Crippen molar-refractivity contribution in [2.24, 2.45) is 0 Å². The second-order valence-electron chi connectivity index (χ2n) is 7.63. The molecular weight excluding hydrogens is 398 g/mol. The van der Waals surface area contributed by atoms with E-state index < -0.39 is 42.0 Å². The van der Waals surface area contributed by atoms with Crippen molar-refractivity contribution < 1.29 is 23.9 Å². The number of benzene rings is 2.